The van der Waals surface area contributed by atoms with E-state index in [0.29, 0.717) is 0 Å². The summed E-state index contributed by atoms with van der Waals surface area (Å²) in [4.78, 5) is 0. The van der Waals surface area contributed by atoms with Gasteiger partial charge in [-0.3, -0.25) is 0 Å². The summed E-state index contributed by atoms with van der Waals surface area (Å²) in [6.45, 7) is 0.945. The molecule has 1 aliphatic heterocycles. The highest BCUT2D eigenvalue weighted by Crippen LogP contribution is 2.07. The van der Waals surface area contributed by atoms with Crippen LogP contribution < -0.4 is 5.43 Å². The molecule has 0 aromatic carbocycles. The Hall–Kier alpha value is -1.25. The number of furan rings is 1. The first-order valence-electron chi connectivity index (χ1n) is 3.29. The largest absolute Gasteiger partial charge is 0.472 e. The molecule has 1 aliphatic rings. The molecule has 0 bridgehead atoms. The van der Waals surface area contributed by atoms with Crippen molar-refractivity contribution < 1.29 is 4.42 Å². The Morgan fingerprint density at radius 3 is 3.20 bits per heavy atom. The van der Waals surface area contributed by atoms with Crippen molar-refractivity contribution in [1.82, 2.24) is 5.43 Å². The third kappa shape index (κ3) is 0.795. The molecule has 0 saturated heterocycles. The van der Waals surface area contributed by atoms with Crippen molar-refractivity contribution in [2.45, 2.75) is 6.42 Å². The van der Waals surface area contributed by atoms with Crippen LogP contribution in [0.3, 0.4) is 0 Å². The minimum absolute atomic E-state index is 0.945. The first kappa shape index (κ1) is 5.53. The smallest absolute Gasteiger partial charge is 0.0993 e. The molecular weight excluding hydrogens is 128 g/mol. The van der Waals surface area contributed by atoms with E-state index in [1.165, 1.54) is 0 Å². The summed E-state index contributed by atoms with van der Waals surface area (Å²) in [5.41, 5.74) is 5.09. The number of hydrazone groups is 1. The van der Waals surface area contributed by atoms with Crippen molar-refractivity contribution in [3.8, 4) is 0 Å². The van der Waals surface area contributed by atoms with Crippen molar-refractivity contribution in [3.05, 3.63) is 24.2 Å². The van der Waals surface area contributed by atoms with E-state index < -0.39 is 0 Å². The zero-order chi connectivity index (χ0) is 6.81. The van der Waals surface area contributed by atoms with Crippen LogP contribution in [0.15, 0.2) is 28.1 Å². The Balaban J connectivity index is 2.28. The van der Waals surface area contributed by atoms with Gasteiger partial charge in [-0.05, 0) is 6.07 Å². The summed E-state index contributed by atoms with van der Waals surface area (Å²) in [7, 11) is 0. The summed E-state index contributed by atoms with van der Waals surface area (Å²) in [5, 5.41) is 4.08. The van der Waals surface area contributed by atoms with Gasteiger partial charge in [0.15, 0.2) is 0 Å². The van der Waals surface area contributed by atoms with Gasteiger partial charge in [-0.25, -0.2) is 0 Å². The number of rotatable bonds is 1. The Bertz CT molecular complexity index is 238. The van der Waals surface area contributed by atoms with Crippen LogP contribution in [-0.4, -0.2) is 12.3 Å². The van der Waals surface area contributed by atoms with E-state index in [2.05, 4.69) is 10.5 Å². The first-order valence-corrected chi connectivity index (χ1v) is 3.29. The van der Waals surface area contributed by atoms with Crippen LogP contribution in [0.2, 0.25) is 0 Å². The van der Waals surface area contributed by atoms with Gasteiger partial charge in [0.1, 0.15) is 0 Å². The third-order valence-electron chi connectivity index (χ3n) is 1.54. The lowest BCUT2D eigenvalue weighted by atomic mass is 10.2. The van der Waals surface area contributed by atoms with Gasteiger partial charge in [0.05, 0.1) is 18.2 Å². The second-order valence-corrected chi connectivity index (χ2v) is 2.23. The zero-order valence-corrected chi connectivity index (χ0v) is 5.50. The highest BCUT2D eigenvalue weighted by Gasteiger charge is 2.08. The van der Waals surface area contributed by atoms with Crippen LogP contribution in [0.25, 0.3) is 0 Å². The fraction of sp³-hybridized carbons (Fsp3) is 0.286. The van der Waals surface area contributed by atoms with Gasteiger partial charge < -0.3 is 9.84 Å². The summed E-state index contributed by atoms with van der Waals surface area (Å²) in [5.74, 6) is 0. The fourth-order valence-electron chi connectivity index (χ4n) is 1.02. The van der Waals surface area contributed by atoms with Gasteiger partial charge in [-0.15, -0.1) is 0 Å². The second kappa shape index (κ2) is 2.17. The summed E-state index contributed by atoms with van der Waals surface area (Å²) >= 11 is 0. The van der Waals surface area contributed by atoms with E-state index in [1.54, 1.807) is 12.5 Å². The molecule has 0 radical (unpaired) electrons. The lowest BCUT2D eigenvalue weighted by Crippen LogP contribution is -1.97. The van der Waals surface area contributed by atoms with Crippen LogP contribution >= 0.6 is 0 Å². The maximum atomic E-state index is 4.92. The van der Waals surface area contributed by atoms with Crippen molar-refractivity contribution in [2.24, 2.45) is 5.10 Å². The molecule has 1 aromatic rings. The fourth-order valence-corrected chi connectivity index (χ4v) is 1.02. The lowest BCUT2D eigenvalue weighted by molar-refractivity contribution is 0.567. The summed E-state index contributed by atoms with van der Waals surface area (Å²) in [6.07, 6.45) is 4.38. The standard InChI is InChI=1S/C7H8N2O/c1-3-8-9-7(1)6-2-4-10-5-6/h2,4-5,8H,1,3H2. The predicted octanol–water partition coefficient (Wildman–Crippen LogP) is 0.977. The average molecular weight is 136 g/mol. The Kier molecular flexibility index (Phi) is 1.20. The molecule has 0 unspecified atom stereocenters. The maximum absolute atomic E-state index is 4.92. The van der Waals surface area contributed by atoms with Gasteiger partial charge in [0, 0.05) is 18.5 Å². The SMILES string of the molecule is c1cc(C2=NNCC2)co1. The lowest BCUT2D eigenvalue weighted by Gasteiger charge is -1.87. The van der Waals surface area contributed by atoms with Crippen LogP contribution in [0.1, 0.15) is 12.0 Å². The average Bonchev–Trinajstić information content (AvgIpc) is 2.59. The Labute approximate surface area is 58.7 Å². The first-order chi connectivity index (χ1) is 4.97. The normalized spacial score (nSPS) is 16.6. The maximum Gasteiger partial charge on any atom is 0.0993 e. The molecule has 0 atom stereocenters. The van der Waals surface area contributed by atoms with Crippen LogP contribution in [0.4, 0.5) is 0 Å². The summed E-state index contributed by atoms with van der Waals surface area (Å²) in [6, 6.07) is 1.92. The Morgan fingerprint density at radius 2 is 2.60 bits per heavy atom. The van der Waals surface area contributed by atoms with Gasteiger partial charge in [0.2, 0.25) is 0 Å². The van der Waals surface area contributed by atoms with Crippen LogP contribution in [-0.2, 0) is 0 Å². The molecule has 10 heavy (non-hydrogen) atoms. The van der Waals surface area contributed by atoms with Crippen LogP contribution in [0.5, 0.6) is 0 Å². The molecule has 0 amide bonds. The van der Waals surface area contributed by atoms with Crippen molar-refractivity contribution in [1.29, 1.82) is 0 Å². The van der Waals surface area contributed by atoms with Crippen molar-refractivity contribution >= 4 is 5.71 Å². The zero-order valence-electron chi connectivity index (χ0n) is 5.50. The molecule has 1 aromatic heterocycles. The van der Waals surface area contributed by atoms with Crippen LogP contribution in [0, 0.1) is 0 Å². The second-order valence-electron chi connectivity index (χ2n) is 2.23. The van der Waals surface area contributed by atoms with Crippen molar-refractivity contribution in [2.75, 3.05) is 6.54 Å². The topological polar surface area (TPSA) is 37.5 Å². The van der Waals surface area contributed by atoms with Crippen molar-refractivity contribution in [3.63, 3.8) is 0 Å². The molecule has 2 rings (SSSR count). The van der Waals surface area contributed by atoms with E-state index in [-0.39, 0.29) is 0 Å². The van der Waals surface area contributed by atoms with Gasteiger partial charge in [-0.2, -0.15) is 5.10 Å². The molecular formula is C7H8N2O. The number of nitrogens with one attached hydrogen (secondary N) is 1. The van der Waals surface area contributed by atoms with Gasteiger partial charge in [-0.1, -0.05) is 0 Å². The molecule has 3 nitrogen and oxygen atoms in total. The van der Waals surface area contributed by atoms with Gasteiger partial charge >= 0.3 is 0 Å². The van der Waals surface area contributed by atoms with Gasteiger partial charge in [0.25, 0.3) is 0 Å². The highest BCUT2D eigenvalue weighted by atomic mass is 16.3. The number of nitrogens with zero attached hydrogens (tertiary/aromatic N) is 1. The molecule has 0 aliphatic carbocycles. The molecule has 2 heterocycles. The monoisotopic (exact) mass is 136 g/mol. The quantitative estimate of drug-likeness (QED) is 0.624. The number of hydrogen-bond donors (Lipinski definition) is 1. The minimum atomic E-state index is 0.945. The van der Waals surface area contributed by atoms with E-state index in [9.17, 15) is 0 Å². The molecule has 52 valence electrons. The molecule has 1 N–H and O–H groups in total. The van der Waals surface area contributed by atoms with E-state index in [1.807, 2.05) is 6.07 Å². The van der Waals surface area contributed by atoms with E-state index in [4.69, 9.17) is 4.42 Å². The minimum Gasteiger partial charge on any atom is -0.472 e. The molecule has 0 spiro atoms. The van der Waals surface area contributed by atoms with E-state index in [0.717, 1.165) is 24.2 Å². The summed E-state index contributed by atoms with van der Waals surface area (Å²) < 4.78 is 4.92. The molecule has 3 heteroatoms. The highest BCUT2D eigenvalue weighted by molar-refractivity contribution is 6.00. The molecule has 0 fully saturated rings. The predicted molar refractivity (Wildman–Crippen MR) is 37.9 cm³/mol. The Morgan fingerprint density at radius 1 is 1.60 bits per heavy atom. The third-order valence-corrected chi connectivity index (χ3v) is 1.54. The molecule has 0 saturated carbocycles. The number of hydrogen-bond acceptors (Lipinski definition) is 3. The van der Waals surface area contributed by atoms with E-state index >= 15 is 0 Å².